The van der Waals surface area contributed by atoms with Crippen molar-refractivity contribution in [3.8, 4) is 11.5 Å². The Kier molecular flexibility index (Phi) is 5.76. The summed E-state index contributed by atoms with van der Waals surface area (Å²) in [5, 5.41) is 21.3. The Morgan fingerprint density at radius 3 is 2.46 bits per heavy atom. The number of phenols is 2. The lowest BCUT2D eigenvalue weighted by Crippen LogP contribution is -2.45. The van der Waals surface area contributed by atoms with Gasteiger partial charge in [0.05, 0.1) is 11.1 Å². The molecule has 3 nitrogen and oxygen atoms in total. The van der Waals surface area contributed by atoms with Crippen LogP contribution in [-0.4, -0.2) is 10.2 Å². The molecule has 1 aromatic carbocycles. The van der Waals surface area contributed by atoms with Crippen LogP contribution in [0.4, 0.5) is 0 Å². The molecule has 0 amide bonds. The molecule has 0 fully saturated rings. The quantitative estimate of drug-likeness (QED) is 0.513. The summed E-state index contributed by atoms with van der Waals surface area (Å²) >= 11 is 0. The molecule has 0 saturated carbocycles. The molecule has 2 rings (SSSR count). The Hall–Kier alpha value is -1.74. The second-order valence-corrected chi connectivity index (χ2v) is 7.33. The molecule has 1 aliphatic rings. The monoisotopic (exact) mass is 329 g/mol. The van der Waals surface area contributed by atoms with E-state index >= 15 is 0 Å². The van der Waals surface area contributed by atoms with Gasteiger partial charge in [-0.05, 0) is 57.2 Å². The zero-order chi connectivity index (χ0) is 17.9. The number of nitrogens with two attached hydrogens (primary N) is 1. The van der Waals surface area contributed by atoms with Crippen LogP contribution in [-0.2, 0) is 12.0 Å². The molecule has 4 N–H and O–H groups in total. The van der Waals surface area contributed by atoms with Crippen LogP contribution in [0.5, 0.6) is 11.5 Å². The maximum atomic E-state index is 10.6. The molecular formula is C21H31NO2. The van der Waals surface area contributed by atoms with Crippen LogP contribution in [0.3, 0.4) is 0 Å². The van der Waals surface area contributed by atoms with Crippen LogP contribution in [0.1, 0.15) is 64.0 Å². The zero-order valence-corrected chi connectivity index (χ0v) is 15.2. The average Bonchev–Trinajstić information content (AvgIpc) is 2.45. The fourth-order valence-corrected chi connectivity index (χ4v) is 3.93. The smallest absolute Gasteiger partial charge is 0.124 e. The number of rotatable bonds is 6. The van der Waals surface area contributed by atoms with Crippen molar-refractivity contribution in [1.29, 1.82) is 0 Å². The summed E-state index contributed by atoms with van der Waals surface area (Å²) in [7, 11) is 0. The summed E-state index contributed by atoms with van der Waals surface area (Å²) < 4.78 is 0. The zero-order valence-electron chi connectivity index (χ0n) is 15.2. The van der Waals surface area contributed by atoms with Gasteiger partial charge in [0, 0.05) is 5.92 Å². The van der Waals surface area contributed by atoms with E-state index in [4.69, 9.17) is 5.73 Å². The van der Waals surface area contributed by atoms with E-state index in [1.165, 1.54) is 5.57 Å². The largest absolute Gasteiger partial charge is 0.507 e. The van der Waals surface area contributed by atoms with Gasteiger partial charge in [-0.3, -0.25) is 0 Å². The van der Waals surface area contributed by atoms with Gasteiger partial charge >= 0.3 is 0 Å². The van der Waals surface area contributed by atoms with Gasteiger partial charge in [0.15, 0.2) is 0 Å². The number of benzene rings is 1. The minimum Gasteiger partial charge on any atom is -0.507 e. The van der Waals surface area contributed by atoms with Crippen molar-refractivity contribution in [2.24, 2.45) is 11.7 Å². The summed E-state index contributed by atoms with van der Waals surface area (Å²) in [4.78, 5) is 0. The van der Waals surface area contributed by atoms with E-state index in [1.807, 2.05) is 19.9 Å². The first kappa shape index (κ1) is 18.6. The molecule has 24 heavy (non-hydrogen) atoms. The Balaban J connectivity index is 2.45. The van der Waals surface area contributed by atoms with Crippen LogP contribution in [0.15, 0.2) is 35.9 Å². The van der Waals surface area contributed by atoms with Crippen LogP contribution >= 0.6 is 0 Å². The summed E-state index contributed by atoms with van der Waals surface area (Å²) in [6.07, 6.45) is 8.03. The molecule has 0 saturated heterocycles. The average molecular weight is 329 g/mol. The Morgan fingerprint density at radius 1 is 1.29 bits per heavy atom. The van der Waals surface area contributed by atoms with Gasteiger partial charge in [-0.15, -0.1) is 0 Å². The summed E-state index contributed by atoms with van der Waals surface area (Å²) in [5.74, 6) is 0.173. The maximum Gasteiger partial charge on any atom is 0.124 e. The number of phenolic OH excluding ortho intramolecular Hbond substituents is 2. The first-order valence-electron chi connectivity index (χ1n) is 8.97. The van der Waals surface area contributed by atoms with E-state index in [1.54, 1.807) is 12.1 Å². The first-order valence-corrected chi connectivity index (χ1v) is 8.97. The molecule has 0 aliphatic heterocycles. The van der Waals surface area contributed by atoms with E-state index in [-0.39, 0.29) is 17.4 Å². The van der Waals surface area contributed by atoms with Crippen molar-refractivity contribution in [3.63, 3.8) is 0 Å². The molecule has 1 aromatic rings. The van der Waals surface area contributed by atoms with Gasteiger partial charge in [-0.1, -0.05) is 43.6 Å². The fraction of sp³-hybridized carbons (Fsp3) is 0.524. The summed E-state index contributed by atoms with van der Waals surface area (Å²) in [6, 6.07) is 3.51. The minimum absolute atomic E-state index is 0.00365. The number of aryl methyl sites for hydroxylation is 1. The minimum atomic E-state index is -0.912. The number of hydrogen-bond acceptors (Lipinski definition) is 3. The third-order valence-electron chi connectivity index (χ3n) is 5.14. The molecule has 0 bridgehead atoms. The van der Waals surface area contributed by atoms with Gasteiger partial charge in [0.2, 0.25) is 0 Å². The van der Waals surface area contributed by atoms with Crippen molar-refractivity contribution in [1.82, 2.24) is 0 Å². The molecule has 0 aromatic heterocycles. The van der Waals surface area contributed by atoms with Gasteiger partial charge in [0.1, 0.15) is 11.5 Å². The molecule has 2 atom stereocenters. The van der Waals surface area contributed by atoms with Crippen LogP contribution in [0.2, 0.25) is 0 Å². The third kappa shape index (κ3) is 3.67. The van der Waals surface area contributed by atoms with E-state index in [0.717, 1.165) is 49.7 Å². The maximum absolute atomic E-state index is 10.6. The predicted molar refractivity (Wildman–Crippen MR) is 100 cm³/mol. The molecule has 132 valence electrons. The van der Waals surface area contributed by atoms with E-state index in [0.29, 0.717) is 5.56 Å². The summed E-state index contributed by atoms with van der Waals surface area (Å²) in [5.41, 5.74) is 9.36. The lowest BCUT2D eigenvalue weighted by atomic mass is 9.68. The number of unbranched alkanes of at least 4 members (excludes halogenated alkanes) is 2. The van der Waals surface area contributed by atoms with Gasteiger partial charge in [-0.2, -0.15) is 0 Å². The molecule has 0 unspecified atom stereocenters. The highest BCUT2D eigenvalue weighted by Gasteiger charge is 2.41. The van der Waals surface area contributed by atoms with Crippen LogP contribution in [0.25, 0.3) is 0 Å². The highest BCUT2D eigenvalue weighted by atomic mass is 16.3. The standard InChI is InChI=1S/C21H31NO2/c1-5-6-7-8-16-11-18(23)20(19(24)12-16)21(22)13-15(4)9-10-17(21)14(2)3/h11-13,17,23-24H,2,5-10,22H2,1,3-4H3/t17-,21-/m0/s1. The lowest BCUT2D eigenvalue weighted by Gasteiger charge is -2.40. The van der Waals surface area contributed by atoms with Crippen molar-refractivity contribution in [2.75, 3.05) is 0 Å². The number of aromatic hydroxyl groups is 2. The highest BCUT2D eigenvalue weighted by Crippen LogP contribution is 2.47. The molecule has 0 radical (unpaired) electrons. The molecule has 0 heterocycles. The predicted octanol–water partition coefficient (Wildman–Crippen LogP) is 4.92. The number of hydrogen-bond donors (Lipinski definition) is 3. The molecule has 3 heteroatoms. The summed E-state index contributed by atoms with van der Waals surface area (Å²) in [6.45, 7) is 10.2. The van der Waals surface area contributed by atoms with E-state index in [2.05, 4.69) is 13.5 Å². The molecule has 0 spiro atoms. The van der Waals surface area contributed by atoms with Crippen molar-refractivity contribution < 1.29 is 10.2 Å². The first-order chi connectivity index (χ1) is 11.3. The van der Waals surface area contributed by atoms with Crippen molar-refractivity contribution >= 4 is 0 Å². The topological polar surface area (TPSA) is 66.5 Å². The fourth-order valence-electron chi connectivity index (χ4n) is 3.93. The molecule has 1 aliphatic carbocycles. The Labute approximate surface area is 145 Å². The van der Waals surface area contributed by atoms with E-state index in [9.17, 15) is 10.2 Å². The van der Waals surface area contributed by atoms with Crippen LogP contribution < -0.4 is 5.73 Å². The van der Waals surface area contributed by atoms with Gasteiger partial charge in [0.25, 0.3) is 0 Å². The Bertz CT molecular complexity index is 624. The van der Waals surface area contributed by atoms with E-state index < -0.39 is 5.54 Å². The third-order valence-corrected chi connectivity index (χ3v) is 5.14. The van der Waals surface area contributed by atoms with Crippen LogP contribution in [0, 0.1) is 5.92 Å². The SMILES string of the molecule is C=C(C)[C@@H]1CCC(C)=C[C@@]1(N)c1c(O)cc(CCCCC)cc1O. The van der Waals surface area contributed by atoms with Crippen molar-refractivity contribution in [3.05, 3.63) is 47.1 Å². The second kappa shape index (κ2) is 7.43. The number of allylic oxidation sites excluding steroid dienone is 1. The highest BCUT2D eigenvalue weighted by molar-refractivity contribution is 5.54. The van der Waals surface area contributed by atoms with Gasteiger partial charge in [-0.25, -0.2) is 0 Å². The van der Waals surface area contributed by atoms with Gasteiger partial charge < -0.3 is 15.9 Å². The lowest BCUT2D eigenvalue weighted by molar-refractivity contribution is 0.318. The molecular weight excluding hydrogens is 298 g/mol. The second-order valence-electron chi connectivity index (χ2n) is 7.33. The van der Waals surface area contributed by atoms with Crippen molar-refractivity contribution in [2.45, 2.75) is 64.8 Å². The normalized spacial score (nSPS) is 23.8. The Morgan fingerprint density at radius 2 is 1.92 bits per heavy atom.